The van der Waals surface area contributed by atoms with Crippen LogP contribution in [-0.2, 0) is 0 Å². The fraction of sp³-hybridized carbons (Fsp3) is 0.308. The number of oxazole rings is 1. The van der Waals surface area contributed by atoms with Crippen LogP contribution in [0, 0.1) is 0 Å². The quantitative estimate of drug-likeness (QED) is 0.833. The van der Waals surface area contributed by atoms with Gasteiger partial charge in [0.15, 0.2) is 0 Å². The van der Waals surface area contributed by atoms with Crippen molar-refractivity contribution in [1.82, 2.24) is 4.98 Å². The highest BCUT2D eigenvalue weighted by Crippen LogP contribution is 2.26. The minimum Gasteiger partial charge on any atom is -0.432 e. The Balaban J connectivity index is 2.17. The molecule has 3 nitrogen and oxygen atoms in total. The number of thioether (sulfide) groups is 1. The van der Waals surface area contributed by atoms with Crippen LogP contribution < -0.4 is 5.32 Å². The summed E-state index contributed by atoms with van der Waals surface area (Å²) in [6, 6.07) is 8.92. The average Bonchev–Trinajstić information content (AvgIpc) is 2.78. The summed E-state index contributed by atoms with van der Waals surface area (Å²) in [6.45, 7) is 4.38. The lowest BCUT2D eigenvalue weighted by Gasteiger charge is -2.04. The second kappa shape index (κ2) is 5.27. The molecule has 0 radical (unpaired) electrons. The molecule has 1 N–H and O–H groups in total. The van der Waals surface area contributed by atoms with E-state index >= 15 is 0 Å². The summed E-state index contributed by atoms with van der Waals surface area (Å²) < 4.78 is 5.24. The van der Waals surface area contributed by atoms with Crippen molar-refractivity contribution in [1.29, 1.82) is 0 Å². The lowest BCUT2D eigenvalue weighted by molar-refractivity contribution is 0.576. The van der Waals surface area contributed by atoms with Crippen LogP contribution in [0.2, 0.25) is 0 Å². The second-order valence-electron chi connectivity index (χ2n) is 3.98. The van der Waals surface area contributed by atoms with Gasteiger partial charge in [-0.15, -0.1) is 11.8 Å². The van der Waals surface area contributed by atoms with Crippen molar-refractivity contribution in [2.24, 2.45) is 0 Å². The van der Waals surface area contributed by atoms with Crippen LogP contribution in [0.3, 0.4) is 0 Å². The summed E-state index contributed by atoms with van der Waals surface area (Å²) in [4.78, 5) is 5.58. The van der Waals surface area contributed by atoms with Crippen molar-refractivity contribution in [2.75, 3.05) is 12.4 Å². The Morgan fingerprint density at radius 3 is 2.47 bits per heavy atom. The maximum atomic E-state index is 5.24. The second-order valence-corrected chi connectivity index (χ2v) is 5.63. The van der Waals surface area contributed by atoms with Gasteiger partial charge in [0.05, 0.1) is 0 Å². The minimum atomic E-state index is 0.542. The molecule has 0 saturated heterocycles. The number of rotatable bonds is 4. The Bertz CT molecular complexity index is 476. The van der Waals surface area contributed by atoms with Crippen molar-refractivity contribution in [3.63, 3.8) is 0 Å². The monoisotopic (exact) mass is 248 g/mol. The standard InChI is InChI=1S/C13H16N2OS/c1-9(2)17-11-6-4-10(5-7-11)12-8-16-13(14-3)15-12/h4-9H,1-3H3,(H,14,15). The zero-order valence-corrected chi connectivity index (χ0v) is 11.0. The SMILES string of the molecule is CNc1nc(-c2ccc(SC(C)C)cc2)co1. The molecule has 2 rings (SSSR count). The lowest BCUT2D eigenvalue weighted by Crippen LogP contribution is -1.87. The Kier molecular flexibility index (Phi) is 3.74. The highest BCUT2D eigenvalue weighted by molar-refractivity contribution is 7.99. The first-order valence-electron chi connectivity index (χ1n) is 5.59. The molecule has 17 heavy (non-hydrogen) atoms. The number of anilines is 1. The lowest BCUT2D eigenvalue weighted by atomic mass is 10.2. The fourth-order valence-electron chi connectivity index (χ4n) is 1.50. The first-order chi connectivity index (χ1) is 8.19. The molecule has 0 saturated carbocycles. The van der Waals surface area contributed by atoms with E-state index in [1.54, 1.807) is 13.3 Å². The highest BCUT2D eigenvalue weighted by Gasteiger charge is 2.05. The third kappa shape index (κ3) is 3.03. The molecule has 0 amide bonds. The van der Waals surface area contributed by atoms with Crippen LogP contribution in [0.15, 0.2) is 39.8 Å². The average molecular weight is 248 g/mol. The fourth-order valence-corrected chi connectivity index (χ4v) is 2.34. The van der Waals surface area contributed by atoms with E-state index < -0.39 is 0 Å². The van der Waals surface area contributed by atoms with Crippen LogP contribution in [-0.4, -0.2) is 17.3 Å². The number of nitrogens with one attached hydrogen (secondary N) is 1. The number of hydrogen-bond donors (Lipinski definition) is 1. The minimum absolute atomic E-state index is 0.542. The molecule has 0 atom stereocenters. The van der Waals surface area contributed by atoms with E-state index in [4.69, 9.17) is 4.42 Å². The summed E-state index contributed by atoms with van der Waals surface area (Å²) in [5.41, 5.74) is 1.93. The third-order valence-electron chi connectivity index (χ3n) is 2.24. The van der Waals surface area contributed by atoms with Gasteiger partial charge in [0.2, 0.25) is 0 Å². The predicted molar refractivity (Wildman–Crippen MR) is 72.5 cm³/mol. The number of nitrogens with zero attached hydrogens (tertiary/aromatic N) is 1. The Labute approximate surface area is 106 Å². The normalized spacial score (nSPS) is 10.8. The van der Waals surface area contributed by atoms with Crippen LogP contribution in [0.5, 0.6) is 0 Å². The summed E-state index contributed by atoms with van der Waals surface area (Å²) in [6.07, 6.45) is 1.66. The maximum absolute atomic E-state index is 5.24. The molecule has 0 bridgehead atoms. The molecule has 0 fully saturated rings. The van der Waals surface area contributed by atoms with E-state index in [2.05, 4.69) is 48.4 Å². The number of benzene rings is 1. The van der Waals surface area contributed by atoms with Crippen LogP contribution in [0.25, 0.3) is 11.3 Å². The first kappa shape index (κ1) is 12.0. The molecule has 0 spiro atoms. The zero-order chi connectivity index (χ0) is 12.3. The Morgan fingerprint density at radius 1 is 1.24 bits per heavy atom. The summed E-state index contributed by atoms with van der Waals surface area (Å²) in [5, 5.41) is 3.47. The van der Waals surface area contributed by atoms with E-state index in [9.17, 15) is 0 Å². The van der Waals surface area contributed by atoms with Crippen LogP contribution in [0.4, 0.5) is 6.01 Å². The van der Waals surface area contributed by atoms with Gasteiger partial charge in [0.25, 0.3) is 6.01 Å². The van der Waals surface area contributed by atoms with Crippen molar-refractivity contribution >= 4 is 17.8 Å². The van der Waals surface area contributed by atoms with Gasteiger partial charge in [0.1, 0.15) is 12.0 Å². The molecule has 2 aromatic rings. The van der Waals surface area contributed by atoms with Gasteiger partial charge in [-0.25, -0.2) is 0 Å². The summed E-state index contributed by atoms with van der Waals surface area (Å²) in [5.74, 6) is 0. The molecule has 0 aliphatic carbocycles. The topological polar surface area (TPSA) is 38.1 Å². The molecule has 1 aromatic heterocycles. The Morgan fingerprint density at radius 2 is 1.94 bits per heavy atom. The van der Waals surface area contributed by atoms with Crippen molar-refractivity contribution in [3.05, 3.63) is 30.5 Å². The number of hydrogen-bond acceptors (Lipinski definition) is 4. The van der Waals surface area contributed by atoms with Crippen molar-refractivity contribution < 1.29 is 4.42 Å². The van der Waals surface area contributed by atoms with Gasteiger partial charge in [-0.05, 0) is 12.1 Å². The van der Waals surface area contributed by atoms with E-state index in [-0.39, 0.29) is 0 Å². The van der Waals surface area contributed by atoms with E-state index in [1.807, 2.05) is 11.8 Å². The predicted octanol–water partition coefficient (Wildman–Crippen LogP) is 3.88. The van der Waals surface area contributed by atoms with Crippen LogP contribution >= 0.6 is 11.8 Å². The molecule has 0 unspecified atom stereocenters. The highest BCUT2D eigenvalue weighted by atomic mass is 32.2. The molecular weight excluding hydrogens is 232 g/mol. The van der Waals surface area contributed by atoms with Crippen molar-refractivity contribution in [2.45, 2.75) is 24.0 Å². The molecule has 0 aliphatic rings. The summed E-state index contributed by atoms with van der Waals surface area (Å²) >= 11 is 1.86. The molecule has 0 aliphatic heterocycles. The van der Waals surface area contributed by atoms with Gasteiger partial charge in [-0.2, -0.15) is 4.98 Å². The van der Waals surface area contributed by atoms with E-state index in [0.29, 0.717) is 11.3 Å². The van der Waals surface area contributed by atoms with Crippen LogP contribution in [0.1, 0.15) is 13.8 Å². The first-order valence-corrected chi connectivity index (χ1v) is 6.47. The van der Waals surface area contributed by atoms with Gasteiger partial charge in [-0.3, -0.25) is 0 Å². The van der Waals surface area contributed by atoms with E-state index in [1.165, 1.54) is 4.90 Å². The van der Waals surface area contributed by atoms with Gasteiger partial charge < -0.3 is 9.73 Å². The summed E-state index contributed by atoms with van der Waals surface area (Å²) in [7, 11) is 1.79. The van der Waals surface area contributed by atoms with Gasteiger partial charge in [0, 0.05) is 22.8 Å². The zero-order valence-electron chi connectivity index (χ0n) is 10.2. The maximum Gasteiger partial charge on any atom is 0.294 e. The molecule has 1 heterocycles. The molecular formula is C13H16N2OS. The number of aromatic nitrogens is 1. The third-order valence-corrected chi connectivity index (χ3v) is 3.26. The van der Waals surface area contributed by atoms with Gasteiger partial charge >= 0.3 is 0 Å². The van der Waals surface area contributed by atoms with Crippen molar-refractivity contribution in [3.8, 4) is 11.3 Å². The van der Waals surface area contributed by atoms with Gasteiger partial charge in [-0.1, -0.05) is 26.0 Å². The Hall–Kier alpha value is -1.42. The molecule has 1 aromatic carbocycles. The molecule has 4 heteroatoms. The smallest absolute Gasteiger partial charge is 0.294 e. The largest absolute Gasteiger partial charge is 0.432 e. The molecule has 90 valence electrons. The van der Waals surface area contributed by atoms with E-state index in [0.717, 1.165) is 11.3 Å².